The third-order valence-electron chi connectivity index (χ3n) is 3.40. The number of amides is 2. The van der Waals surface area contributed by atoms with Crippen molar-refractivity contribution in [2.75, 3.05) is 13.6 Å². The molecule has 6 nitrogen and oxygen atoms in total. The summed E-state index contributed by atoms with van der Waals surface area (Å²) in [5, 5.41) is 12.0. The molecule has 2 rings (SSSR count). The molecule has 0 radical (unpaired) electrons. The van der Waals surface area contributed by atoms with Crippen LogP contribution in [0.1, 0.15) is 24.7 Å². The molecule has 0 fully saturated rings. The predicted molar refractivity (Wildman–Crippen MR) is 82.0 cm³/mol. The second-order valence-electron chi connectivity index (χ2n) is 5.37. The van der Waals surface area contributed by atoms with Gasteiger partial charge in [0.2, 0.25) is 0 Å². The van der Waals surface area contributed by atoms with Crippen LogP contribution in [0.3, 0.4) is 0 Å². The topological polar surface area (TPSA) is 81.2 Å². The summed E-state index contributed by atoms with van der Waals surface area (Å²) in [5.41, 5.74) is 3.02. The third kappa shape index (κ3) is 3.95. The van der Waals surface area contributed by atoms with Crippen molar-refractivity contribution in [3.8, 4) is 0 Å². The zero-order valence-corrected chi connectivity index (χ0v) is 12.7. The Morgan fingerprint density at radius 1 is 1.52 bits per heavy atom. The number of aromatic nitrogens is 2. The van der Waals surface area contributed by atoms with Gasteiger partial charge in [0.15, 0.2) is 0 Å². The lowest BCUT2D eigenvalue weighted by atomic mass is 10.2. The van der Waals surface area contributed by atoms with Crippen LogP contribution in [0.2, 0.25) is 0 Å². The van der Waals surface area contributed by atoms with Gasteiger partial charge in [0.1, 0.15) is 5.82 Å². The molecule has 6 heteroatoms. The monoisotopic (exact) mass is 290 g/mol. The number of carbonyl (C=O) groups excluding carboxylic acids is 1. The van der Waals surface area contributed by atoms with Crippen LogP contribution in [0.15, 0.2) is 18.2 Å². The van der Waals surface area contributed by atoms with Crippen LogP contribution in [0.25, 0.3) is 11.0 Å². The summed E-state index contributed by atoms with van der Waals surface area (Å²) in [7, 11) is 1.71. The summed E-state index contributed by atoms with van der Waals surface area (Å²) in [4.78, 5) is 21.1. The Morgan fingerprint density at radius 2 is 2.29 bits per heavy atom. The van der Waals surface area contributed by atoms with Crippen molar-refractivity contribution in [1.82, 2.24) is 20.2 Å². The number of para-hydroxylation sites is 1. The minimum atomic E-state index is -0.404. The highest BCUT2D eigenvalue weighted by Gasteiger charge is 2.10. The molecule has 1 atom stereocenters. The Kier molecular flexibility index (Phi) is 4.80. The Hall–Kier alpha value is -2.08. The summed E-state index contributed by atoms with van der Waals surface area (Å²) in [6.07, 6.45) is 0.159. The van der Waals surface area contributed by atoms with E-state index in [2.05, 4.69) is 15.3 Å². The fourth-order valence-electron chi connectivity index (χ4n) is 2.09. The van der Waals surface area contributed by atoms with Gasteiger partial charge in [-0.2, -0.15) is 0 Å². The van der Waals surface area contributed by atoms with Crippen LogP contribution >= 0.6 is 0 Å². The average Bonchev–Trinajstić information content (AvgIpc) is 2.86. The number of imidazole rings is 1. The highest BCUT2D eigenvalue weighted by molar-refractivity contribution is 5.78. The summed E-state index contributed by atoms with van der Waals surface area (Å²) in [5.74, 6) is 0.733. The molecule has 0 aliphatic carbocycles. The fraction of sp³-hybridized carbons (Fsp3) is 0.467. The molecule has 0 aliphatic heterocycles. The second-order valence-corrected chi connectivity index (χ2v) is 5.37. The van der Waals surface area contributed by atoms with E-state index in [-0.39, 0.29) is 6.03 Å². The van der Waals surface area contributed by atoms with E-state index in [1.54, 1.807) is 18.9 Å². The minimum absolute atomic E-state index is 0.173. The summed E-state index contributed by atoms with van der Waals surface area (Å²) in [6, 6.07) is 5.78. The van der Waals surface area contributed by atoms with E-state index in [0.29, 0.717) is 19.5 Å². The van der Waals surface area contributed by atoms with Gasteiger partial charge in [0, 0.05) is 13.6 Å². The van der Waals surface area contributed by atoms with Crippen LogP contribution in [0.4, 0.5) is 4.79 Å². The van der Waals surface area contributed by atoms with Gasteiger partial charge in [-0.1, -0.05) is 12.1 Å². The van der Waals surface area contributed by atoms with Crippen molar-refractivity contribution in [1.29, 1.82) is 0 Å². The molecule has 0 bridgehead atoms. The molecule has 1 unspecified atom stereocenters. The predicted octanol–water partition coefficient (Wildman–Crippen LogP) is 1.78. The molecule has 3 N–H and O–H groups in total. The molecule has 0 spiro atoms. The maximum Gasteiger partial charge on any atom is 0.317 e. The van der Waals surface area contributed by atoms with Gasteiger partial charge in [-0.05, 0) is 31.9 Å². The zero-order valence-electron chi connectivity index (χ0n) is 12.7. The second kappa shape index (κ2) is 6.58. The molecule has 2 amide bonds. The minimum Gasteiger partial charge on any atom is -0.393 e. The molecule has 1 aromatic carbocycles. The zero-order chi connectivity index (χ0) is 15.4. The largest absolute Gasteiger partial charge is 0.393 e. The highest BCUT2D eigenvalue weighted by Crippen LogP contribution is 2.15. The number of aliphatic hydroxyl groups is 1. The van der Waals surface area contributed by atoms with Gasteiger partial charge >= 0.3 is 6.03 Å². The lowest BCUT2D eigenvalue weighted by molar-refractivity contribution is 0.163. The molecule has 114 valence electrons. The molecule has 0 saturated carbocycles. The lowest BCUT2D eigenvalue weighted by Gasteiger charge is -2.18. The summed E-state index contributed by atoms with van der Waals surface area (Å²) in [6.45, 7) is 4.59. The Morgan fingerprint density at radius 3 is 2.95 bits per heavy atom. The van der Waals surface area contributed by atoms with E-state index in [1.807, 2.05) is 25.1 Å². The van der Waals surface area contributed by atoms with Gasteiger partial charge in [-0.3, -0.25) is 0 Å². The van der Waals surface area contributed by atoms with Crippen LogP contribution < -0.4 is 5.32 Å². The number of hydrogen-bond acceptors (Lipinski definition) is 3. The third-order valence-corrected chi connectivity index (χ3v) is 3.40. The van der Waals surface area contributed by atoms with Crippen molar-refractivity contribution in [3.63, 3.8) is 0 Å². The Bertz CT molecular complexity index is 621. The molecule has 1 aromatic heterocycles. The number of nitrogens with one attached hydrogen (secondary N) is 2. The fourth-order valence-corrected chi connectivity index (χ4v) is 2.09. The van der Waals surface area contributed by atoms with Crippen molar-refractivity contribution in [2.45, 2.75) is 32.9 Å². The van der Waals surface area contributed by atoms with Gasteiger partial charge in [-0.15, -0.1) is 0 Å². The van der Waals surface area contributed by atoms with Crippen molar-refractivity contribution < 1.29 is 9.90 Å². The first-order valence-electron chi connectivity index (χ1n) is 7.08. The molecule has 21 heavy (non-hydrogen) atoms. The van der Waals surface area contributed by atoms with Gasteiger partial charge in [0.25, 0.3) is 0 Å². The van der Waals surface area contributed by atoms with Gasteiger partial charge in [-0.25, -0.2) is 9.78 Å². The quantitative estimate of drug-likeness (QED) is 0.785. The molecule has 2 aromatic rings. The van der Waals surface area contributed by atoms with Gasteiger partial charge < -0.3 is 20.3 Å². The maximum atomic E-state index is 11.9. The number of aliphatic hydroxyl groups excluding tert-OH is 1. The summed E-state index contributed by atoms with van der Waals surface area (Å²) < 4.78 is 0. The first kappa shape index (κ1) is 15.3. The van der Waals surface area contributed by atoms with E-state index in [4.69, 9.17) is 0 Å². The Balaban J connectivity index is 1.92. The number of fused-ring (bicyclic) bond motifs is 1. The van der Waals surface area contributed by atoms with Crippen molar-refractivity contribution >= 4 is 17.1 Å². The normalized spacial score (nSPS) is 12.4. The van der Waals surface area contributed by atoms with Crippen LogP contribution in [-0.2, 0) is 6.54 Å². The van der Waals surface area contributed by atoms with E-state index in [1.165, 1.54) is 0 Å². The molecule has 0 saturated heterocycles. The standard InChI is InChI=1S/C15H22N4O2/c1-10-5-4-6-12-14(10)18-13(17-12)9-16-15(21)19(3)8-7-11(2)20/h4-6,11,20H,7-9H2,1-3H3,(H,16,21)(H,17,18). The molecular formula is C15H22N4O2. The molecular weight excluding hydrogens is 268 g/mol. The molecule has 1 heterocycles. The van der Waals surface area contributed by atoms with Crippen LogP contribution in [0, 0.1) is 6.92 Å². The van der Waals surface area contributed by atoms with Crippen molar-refractivity contribution in [2.24, 2.45) is 0 Å². The maximum absolute atomic E-state index is 11.9. The first-order chi connectivity index (χ1) is 9.97. The van der Waals surface area contributed by atoms with Gasteiger partial charge in [0.05, 0.1) is 23.7 Å². The summed E-state index contributed by atoms with van der Waals surface area (Å²) >= 11 is 0. The number of aryl methyl sites for hydroxylation is 1. The number of rotatable bonds is 5. The van der Waals surface area contributed by atoms with Crippen LogP contribution in [0.5, 0.6) is 0 Å². The first-order valence-corrected chi connectivity index (χ1v) is 7.08. The number of aromatic amines is 1. The average molecular weight is 290 g/mol. The highest BCUT2D eigenvalue weighted by atomic mass is 16.3. The number of nitrogens with zero attached hydrogens (tertiary/aromatic N) is 2. The number of benzene rings is 1. The van der Waals surface area contributed by atoms with E-state index >= 15 is 0 Å². The SMILES string of the molecule is Cc1cccc2[nH]c(CNC(=O)N(C)CCC(C)O)nc12. The van der Waals surface area contributed by atoms with Crippen LogP contribution in [-0.4, -0.2) is 45.7 Å². The number of H-pyrrole nitrogens is 1. The lowest BCUT2D eigenvalue weighted by Crippen LogP contribution is -2.38. The van der Waals surface area contributed by atoms with Crippen molar-refractivity contribution in [3.05, 3.63) is 29.6 Å². The smallest absolute Gasteiger partial charge is 0.317 e. The Labute approximate surface area is 124 Å². The molecule has 0 aliphatic rings. The van der Waals surface area contributed by atoms with E-state index < -0.39 is 6.10 Å². The number of hydrogen-bond donors (Lipinski definition) is 3. The number of carbonyl (C=O) groups is 1. The number of urea groups is 1. The van der Waals surface area contributed by atoms with E-state index in [0.717, 1.165) is 22.4 Å². The van der Waals surface area contributed by atoms with E-state index in [9.17, 15) is 9.90 Å².